The molecule has 0 aliphatic rings. The van der Waals surface area contributed by atoms with Gasteiger partial charge in [-0.1, -0.05) is 0 Å². The third-order valence-electron chi connectivity index (χ3n) is 1.66. The van der Waals surface area contributed by atoms with Crippen molar-refractivity contribution < 1.29 is 21.6 Å². The van der Waals surface area contributed by atoms with Crippen molar-refractivity contribution in [3.8, 4) is 0 Å². The molecule has 86 valence electrons. The molecular formula is C6H8F3N3O2S. The second-order valence-corrected chi connectivity index (χ2v) is 4.85. The molecule has 1 rings (SSSR count). The van der Waals surface area contributed by atoms with Crippen LogP contribution in [0, 0.1) is 0 Å². The molecule has 1 heterocycles. The normalized spacial score (nSPS) is 13.4. The van der Waals surface area contributed by atoms with E-state index >= 15 is 0 Å². The Labute approximate surface area is 83.9 Å². The lowest BCUT2D eigenvalue weighted by molar-refractivity contribution is -0.0484. The Morgan fingerprint density at radius 3 is 2.53 bits per heavy atom. The fourth-order valence-electron chi connectivity index (χ4n) is 0.883. The van der Waals surface area contributed by atoms with Gasteiger partial charge in [0.05, 0.1) is 6.20 Å². The zero-order valence-electron chi connectivity index (χ0n) is 7.61. The third kappa shape index (κ3) is 2.48. The van der Waals surface area contributed by atoms with E-state index in [1.165, 1.54) is 12.4 Å². The summed E-state index contributed by atoms with van der Waals surface area (Å²) in [4.78, 5) is 0. The number of alkyl halides is 3. The summed E-state index contributed by atoms with van der Waals surface area (Å²) >= 11 is 0. The first kappa shape index (κ1) is 12.0. The molecule has 15 heavy (non-hydrogen) atoms. The Kier molecular flexibility index (Phi) is 3.05. The molecule has 0 aromatic carbocycles. The van der Waals surface area contributed by atoms with Gasteiger partial charge in [-0.15, -0.1) is 0 Å². The van der Waals surface area contributed by atoms with Crippen molar-refractivity contribution in [3.05, 3.63) is 18.0 Å². The van der Waals surface area contributed by atoms with Crippen LogP contribution >= 0.6 is 0 Å². The highest BCUT2D eigenvalue weighted by Crippen LogP contribution is 2.26. The molecular weight excluding hydrogens is 235 g/mol. The summed E-state index contributed by atoms with van der Waals surface area (Å²) in [6.45, 7) is -0.377. The molecule has 1 aromatic rings. The maximum atomic E-state index is 12.1. The lowest BCUT2D eigenvalue weighted by atomic mass is 10.4. The Bertz CT molecular complexity index is 411. The molecule has 1 aromatic heterocycles. The number of rotatable bonds is 3. The molecule has 0 atom stereocenters. The molecule has 0 amide bonds. The first-order valence-corrected chi connectivity index (χ1v) is 5.19. The van der Waals surface area contributed by atoms with E-state index in [1.54, 1.807) is 0 Å². The first-order chi connectivity index (χ1) is 6.75. The second kappa shape index (κ2) is 3.81. The van der Waals surface area contributed by atoms with Gasteiger partial charge >= 0.3 is 15.5 Å². The van der Waals surface area contributed by atoms with Crippen LogP contribution in [0.2, 0.25) is 0 Å². The van der Waals surface area contributed by atoms with Crippen LogP contribution in [0.1, 0.15) is 5.56 Å². The van der Waals surface area contributed by atoms with E-state index in [4.69, 9.17) is 0 Å². The highest BCUT2D eigenvalue weighted by atomic mass is 32.2. The van der Waals surface area contributed by atoms with Gasteiger partial charge < -0.3 is 0 Å². The molecule has 1 N–H and O–H groups in total. The van der Waals surface area contributed by atoms with Crippen LogP contribution in [0.5, 0.6) is 0 Å². The Hall–Kier alpha value is -1.09. The number of nitrogens with one attached hydrogen (secondary N) is 1. The van der Waals surface area contributed by atoms with Crippen LogP contribution in [-0.4, -0.2) is 35.5 Å². The van der Waals surface area contributed by atoms with Gasteiger partial charge in [-0.3, -0.25) is 5.10 Å². The minimum absolute atomic E-state index is 0.220. The van der Waals surface area contributed by atoms with Crippen molar-refractivity contribution in [3.63, 3.8) is 0 Å². The maximum Gasteiger partial charge on any atom is 0.511 e. The predicted molar refractivity (Wildman–Crippen MR) is 45.0 cm³/mol. The second-order valence-electron chi connectivity index (χ2n) is 2.81. The fourth-order valence-corrected chi connectivity index (χ4v) is 1.56. The van der Waals surface area contributed by atoms with E-state index in [2.05, 4.69) is 10.2 Å². The molecule has 0 radical (unpaired) electrons. The molecule has 9 heteroatoms. The first-order valence-electron chi connectivity index (χ1n) is 3.75. The largest absolute Gasteiger partial charge is 0.511 e. The van der Waals surface area contributed by atoms with Gasteiger partial charge in [-0.25, -0.2) is 8.42 Å². The lowest BCUT2D eigenvalue weighted by Gasteiger charge is -2.17. The highest BCUT2D eigenvalue weighted by Gasteiger charge is 2.48. The van der Waals surface area contributed by atoms with Gasteiger partial charge in [-0.2, -0.15) is 22.6 Å². The lowest BCUT2D eigenvalue weighted by Crippen LogP contribution is -2.37. The standard InChI is InChI=1S/C6H8F3N3O2S/c1-12(4-5-2-10-11-3-5)15(13,14)6(7,8)9/h2-3H,4H2,1H3,(H,10,11). The average Bonchev–Trinajstić information content (AvgIpc) is 2.54. The highest BCUT2D eigenvalue weighted by molar-refractivity contribution is 7.89. The summed E-state index contributed by atoms with van der Waals surface area (Å²) in [7, 11) is -4.40. The number of H-pyrrole nitrogens is 1. The monoisotopic (exact) mass is 243 g/mol. The number of halogens is 3. The van der Waals surface area contributed by atoms with E-state index in [9.17, 15) is 21.6 Å². The van der Waals surface area contributed by atoms with Gasteiger partial charge in [-0.05, 0) is 0 Å². The molecule has 0 fully saturated rings. The van der Waals surface area contributed by atoms with E-state index in [0.717, 1.165) is 7.05 Å². The van der Waals surface area contributed by atoms with Gasteiger partial charge in [0.25, 0.3) is 0 Å². The van der Waals surface area contributed by atoms with Gasteiger partial charge in [0, 0.05) is 25.4 Å². The van der Waals surface area contributed by atoms with Crippen LogP contribution in [0.15, 0.2) is 12.4 Å². The smallest absolute Gasteiger partial charge is 0.285 e. The molecule has 0 saturated carbocycles. The quantitative estimate of drug-likeness (QED) is 0.849. The molecule has 0 saturated heterocycles. The zero-order chi connectivity index (χ0) is 11.7. The molecule has 0 unspecified atom stereocenters. The summed E-state index contributed by atoms with van der Waals surface area (Å²) in [5, 5.41) is 5.86. The summed E-state index contributed by atoms with van der Waals surface area (Å²) in [5.41, 5.74) is -4.92. The van der Waals surface area contributed by atoms with E-state index in [-0.39, 0.29) is 10.8 Å². The summed E-state index contributed by atoms with van der Waals surface area (Å²) in [6.07, 6.45) is 2.57. The molecule has 0 aliphatic carbocycles. The maximum absolute atomic E-state index is 12.1. The molecule has 0 bridgehead atoms. The minimum Gasteiger partial charge on any atom is -0.285 e. The van der Waals surface area contributed by atoms with Crippen LogP contribution < -0.4 is 0 Å². The topological polar surface area (TPSA) is 66.1 Å². The van der Waals surface area contributed by atoms with Crippen molar-refractivity contribution in [1.82, 2.24) is 14.5 Å². The van der Waals surface area contributed by atoms with E-state index < -0.39 is 15.5 Å². The Balaban J connectivity index is 2.82. The Morgan fingerprint density at radius 2 is 2.13 bits per heavy atom. The predicted octanol–water partition coefficient (Wildman–Crippen LogP) is 0.691. The van der Waals surface area contributed by atoms with Crippen molar-refractivity contribution >= 4 is 10.0 Å². The average molecular weight is 243 g/mol. The van der Waals surface area contributed by atoms with Crippen molar-refractivity contribution in [1.29, 1.82) is 0 Å². The molecule has 0 spiro atoms. The summed E-state index contributed by atoms with van der Waals surface area (Å²) < 4.78 is 58.1. The van der Waals surface area contributed by atoms with Crippen molar-refractivity contribution in [2.24, 2.45) is 0 Å². The number of sulfonamides is 1. The van der Waals surface area contributed by atoms with E-state index in [1.807, 2.05) is 0 Å². The molecule has 5 nitrogen and oxygen atoms in total. The Morgan fingerprint density at radius 1 is 1.53 bits per heavy atom. The van der Waals surface area contributed by atoms with Crippen molar-refractivity contribution in [2.75, 3.05) is 7.05 Å². The summed E-state index contributed by atoms with van der Waals surface area (Å²) in [6, 6.07) is 0. The number of nitrogens with zero attached hydrogens (tertiary/aromatic N) is 2. The van der Waals surface area contributed by atoms with Gasteiger partial charge in [0.15, 0.2) is 0 Å². The number of hydrogen-bond acceptors (Lipinski definition) is 3. The number of aromatic nitrogens is 2. The third-order valence-corrected chi connectivity index (χ3v) is 3.20. The SMILES string of the molecule is CN(Cc1cn[nH]c1)S(=O)(=O)C(F)(F)F. The van der Waals surface area contributed by atoms with Crippen LogP contribution in [0.4, 0.5) is 13.2 Å². The number of aromatic amines is 1. The fraction of sp³-hybridized carbons (Fsp3) is 0.500. The number of hydrogen-bond donors (Lipinski definition) is 1. The van der Waals surface area contributed by atoms with E-state index in [0.29, 0.717) is 5.56 Å². The van der Waals surface area contributed by atoms with Gasteiger partial charge in [0.2, 0.25) is 0 Å². The van der Waals surface area contributed by atoms with Crippen molar-refractivity contribution in [2.45, 2.75) is 12.1 Å². The van der Waals surface area contributed by atoms with Crippen LogP contribution in [0.3, 0.4) is 0 Å². The minimum atomic E-state index is -5.27. The summed E-state index contributed by atoms with van der Waals surface area (Å²) in [5.74, 6) is 0. The van der Waals surface area contributed by atoms with Crippen LogP contribution in [0.25, 0.3) is 0 Å². The zero-order valence-corrected chi connectivity index (χ0v) is 8.43. The molecule has 0 aliphatic heterocycles. The van der Waals surface area contributed by atoms with Crippen LogP contribution in [-0.2, 0) is 16.6 Å². The van der Waals surface area contributed by atoms with Gasteiger partial charge in [0.1, 0.15) is 0 Å².